The second-order valence-electron chi connectivity index (χ2n) is 6.58. The van der Waals surface area contributed by atoms with E-state index >= 15 is 0 Å². The number of nitrogens with one attached hydrogen (secondary N) is 1. The number of aromatic nitrogens is 2. The minimum Gasteiger partial charge on any atom is -0.337 e. The summed E-state index contributed by atoms with van der Waals surface area (Å²) in [5, 5.41) is 8.74. The highest BCUT2D eigenvalue weighted by molar-refractivity contribution is 7.13. The lowest BCUT2D eigenvalue weighted by Gasteiger charge is -2.33. The molecule has 0 atom stereocenters. The maximum Gasteiger partial charge on any atom is 0.325 e. The molecule has 0 unspecified atom stereocenters. The molecule has 1 spiro atoms. The normalized spacial score (nSPS) is 27.0. The molecule has 2 fully saturated rings. The fourth-order valence-corrected chi connectivity index (χ4v) is 4.02. The molecule has 3 amide bonds. The summed E-state index contributed by atoms with van der Waals surface area (Å²) in [4.78, 5) is 31.5. The molecule has 1 N–H and O–H groups in total. The highest BCUT2D eigenvalue weighted by Gasteiger charge is 2.52. The third kappa shape index (κ3) is 2.50. The van der Waals surface area contributed by atoms with Crippen LogP contribution in [0.3, 0.4) is 0 Å². The van der Waals surface area contributed by atoms with E-state index in [0.29, 0.717) is 24.6 Å². The third-order valence-electron chi connectivity index (χ3n) is 4.88. The zero-order valence-electron chi connectivity index (χ0n) is 13.3. The maximum atomic E-state index is 12.8. The van der Waals surface area contributed by atoms with Gasteiger partial charge in [-0.1, -0.05) is 18.1 Å². The summed E-state index contributed by atoms with van der Waals surface area (Å²) >= 11 is 1.51. The Morgan fingerprint density at radius 1 is 1.42 bits per heavy atom. The molecular formula is C16H18N4O3S. The number of carbonyl (C=O) groups is 2. The van der Waals surface area contributed by atoms with Crippen LogP contribution in [0.4, 0.5) is 4.79 Å². The van der Waals surface area contributed by atoms with E-state index in [1.54, 1.807) is 0 Å². The average Bonchev–Trinajstić information content (AvgIpc) is 3.28. The van der Waals surface area contributed by atoms with Gasteiger partial charge < -0.3 is 9.84 Å². The van der Waals surface area contributed by atoms with Crippen molar-refractivity contribution >= 4 is 23.3 Å². The standard InChI is InChI=1S/C16H18N4O3S/c1-10-4-6-16(7-5-10)14(21)20(15(22)18-16)9-12-17-13(19-23-12)11-3-2-8-24-11/h2-3,8,10H,4-7,9H2,1H3,(H,18,22). The van der Waals surface area contributed by atoms with Gasteiger partial charge in [0.05, 0.1) is 4.88 Å². The van der Waals surface area contributed by atoms with Crippen molar-refractivity contribution < 1.29 is 14.1 Å². The Bertz CT molecular complexity index is 762. The minimum atomic E-state index is -0.736. The lowest BCUT2D eigenvalue weighted by Crippen LogP contribution is -2.49. The number of imide groups is 1. The predicted molar refractivity (Wildman–Crippen MR) is 87.1 cm³/mol. The molecule has 2 aliphatic rings. The van der Waals surface area contributed by atoms with Crippen molar-refractivity contribution in [2.45, 2.75) is 44.7 Å². The fraction of sp³-hybridized carbons (Fsp3) is 0.500. The Kier molecular flexibility index (Phi) is 3.64. The van der Waals surface area contributed by atoms with E-state index < -0.39 is 5.54 Å². The Hall–Kier alpha value is -2.22. The summed E-state index contributed by atoms with van der Waals surface area (Å²) < 4.78 is 5.21. The summed E-state index contributed by atoms with van der Waals surface area (Å²) in [5.74, 6) is 1.17. The van der Waals surface area contributed by atoms with Crippen LogP contribution in [0.5, 0.6) is 0 Å². The van der Waals surface area contributed by atoms with Gasteiger partial charge in [0.25, 0.3) is 5.91 Å². The van der Waals surface area contributed by atoms with Gasteiger partial charge >= 0.3 is 6.03 Å². The number of hydrogen-bond acceptors (Lipinski definition) is 6. The molecule has 1 aliphatic carbocycles. The second-order valence-corrected chi connectivity index (χ2v) is 7.52. The highest BCUT2D eigenvalue weighted by Crippen LogP contribution is 2.36. The minimum absolute atomic E-state index is 0.0142. The Morgan fingerprint density at radius 2 is 2.21 bits per heavy atom. The van der Waals surface area contributed by atoms with Crippen molar-refractivity contribution in [3.63, 3.8) is 0 Å². The quantitative estimate of drug-likeness (QED) is 0.863. The Balaban J connectivity index is 1.51. The molecular weight excluding hydrogens is 328 g/mol. The van der Waals surface area contributed by atoms with Crippen molar-refractivity contribution in [2.75, 3.05) is 0 Å². The van der Waals surface area contributed by atoms with Crippen molar-refractivity contribution in [3.05, 3.63) is 23.4 Å². The molecule has 3 heterocycles. The van der Waals surface area contributed by atoms with Gasteiger partial charge in [-0.25, -0.2) is 4.79 Å². The number of carbonyl (C=O) groups excluding carboxylic acids is 2. The highest BCUT2D eigenvalue weighted by atomic mass is 32.1. The molecule has 7 nitrogen and oxygen atoms in total. The number of nitrogens with zero attached hydrogens (tertiary/aromatic N) is 3. The first-order valence-corrected chi connectivity index (χ1v) is 8.96. The number of rotatable bonds is 3. The van der Waals surface area contributed by atoms with Gasteiger partial charge in [-0.3, -0.25) is 9.69 Å². The molecule has 4 rings (SSSR count). The van der Waals surface area contributed by atoms with Crippen LogP contribution in [0.1, 0.15) is 38.5 Å². The Labute approximate surface area is 143 Å². The number of hydrogen-bond donors (Lipinski definition) is 1. The van der Waals surface area contributed by atoms with Gasteiger partial charge in [0, 0.05) is 0 Å². The van der Waals surface area contributed by atoms with E-state index in [0.717, 1.165) is 17.7 Å². The molecule has 1 aliphatic heterocycles. The van der Waals surface area contributed by atoms with Crippen molar-refractivity contribution in [2.24, 2.45) is 5.92 Å². The van der Waals surface area contributed by atoms with Crippen LogP contribution in [0, 0.1) is 5.92 Å². The van der Waals surface area contributed by atoms with E-state index in [9.17, 15) is 9.59 Å². The monoisotopic (exact) mass is 346 g/mol. The van der Waals surface area contributed by atoms with Crippen molar-refractivity contribution in [1.82, 2.24) is 20.4 Å². The zero-order chi connectivity index (χ0) is 16.7. The molecule has 0 aromatic carbocycles. The first-order valence-electron chi connectivity index (χ1n) is 8.08. The SMILES string of the molecule is CC1CCC2(CC1)NC(=O)N(Cc1nc(-c3cccs3)no1)C2=O. The first-order chi connectivity index (χ1) is 11.6. The van der Waals surface area contributed by atoms with Crippen LogP contribution in [0.2, 0.25) is 0 Å². The van der Waals surface area contributed by atoms with Gasteiger partial charge in [0.15, 0.2) is 0 Å². The largest absolute Gasteiger partial charge is 0.337 e. The summed E-state index contributed by atoms with van der Waals surface area (Å²) in [6.45, 7) is 2.19. The van der Waals surface area contributed by atoms with E-state index in [4.69, 9.17) is 4.52 Å². The maximum absolute atomic E-state index is 12.8. The summed E-state index contributed by atoms with van der Waals surface area (Å²) in [5.41, 5.74) is -0.736. The van der Waals surface area contributed by atoms with Crippen LogP contribution in [-0.2, 0) is 11.3 Å². The third-order valence-corrected chi connectivity index (χ3v) is 5.74. The lowest BCUT2D eigenvalue weighted by molar-refractivity contribution is -0.133. The lowest BCUT2D eigenvalue weighted by atomic mass is 9.77. The summed E-state index contributed by atoms with van der Waals surface area (Å²) in [6.07, 6.45) is 3.28. The number of thiophene rings is 1. The topological polar surface area (TPSA) is 88.3 Å². The second kappa shape index (κ2) is 5.70. The van der Waals surface area contributed by atoms with Gasteiger partial charge in [-0.15, -0.1) is 11.3 Å². The molecule has 8 heteroatoms. The van der Waals surface area contributed by atoms with Crippen molar-refractivity contribution in [1.29, 1.82) is 0 Å². The molecule has 1 saturated carbocycles. The van der Waals surface area contributed by atoms with Gasteiger partial charge in [-0.2, -0.15) is 4.98 Å². The summed E-state index contributed by atoms with van der Waals surface area (Å²) in [7, 11) is 0. The molecule has 1 saturated heterocycles. The van der Waals surface area contributed by atoms with Gasteiger partial charge in [-0.05, 0) is 43.0 Å². The first kappa shape index (κ1) is 15.3. The van der Waals surface area contributed by atoms with E-state index in [2.05, 4.69) is 22.4 Å². The van der Waals surface area contributed by atoms with Crippen LogP contribution in [0.25, 0.3) is 10.7 Å². The molecule has 126 valence electrons. The van der Waals surface area contributed by atoms with E-state index in [-0.39, 0.29) is 24.4 Å². The van der Waals surface area contributed by atoms with Gasteiger partial charge in [0.1, 0.15) is 12.1 Å². The van der Waals surface area contributed by atoms with Gasteiger partial charge in [0.2, 0.25) is 11.7 Å². The molecule has 2 aromatic heterocycles. The zero-order valence-corrected chi connectivity index (χ0v) is 14.1. The van der Waals surface area contributed by atoms with E-state index in [1.807, 2.05) is 17.5 Å². The Morgan fingerprint density at radius 3 is 2.92 bits per heavy atom. The van der Waals surface area contributed by atoms with Crippen molar-refractivity contribution in [3.8, 4) is 10.7 Å². The number of urea groups is 1. The smallest absolute Gasteiger partial charge is 0.325 e. The molecule has 2 aromatic rings. The van der Waals surface area contributed by atoms with Crippen LogP contribution in [-0.4, -0.2) is 32.5 Å². The fourth-order valence-electron chi connectivity index (χ4n) is 3.37. The van der Waals surface area contributed by atoms with E-state index in [1.165, 1.54) is 16.2 Å². The van der Waals surface area contributed by atoms with Crippen LogP contribution in [0.15, 0.2) is 22.0 Å². The summed E-state index contributed by atoms with van der Waals surface area (Å²) in [6, 6.07) is 3.43. The molecule has 24 heavy (non-hydrogen) atoms. The number of amides is 3. The molecule has 0 radical (unpaired) electrons. The molecule has 0 bridgehead atoms. The average molecular weight is 346 g/mol. The predicted octanol–water partition coefficient (Wildman–Crippen LogP) is 2.80. The van der Waals surface area contributed by atoms with Crippen LogP contribution >= 0.6 is 11.3 Å². The van der Waals surface area contributed by atoms with Crippen LogP contribution < -0.4 is 5.32 Å².